The van der Waals surface area contributed by atoms with Crippen molar-refractivity contribution in [2.45, 2.75) is 33.3 Å². The molecule has 0 radical (unpaired) electrons. The van der Waals surface area contributed by atoms with Crippen molar-refractivity contribution in [3.8, 4) is 17.3 Å². The minimum atomic E-state index is -4.02. The molecule has 3 aromatic rings. The van der Waals surface area contributed by atoms with Gasteiger partial charge in [-0.05, 0) is 73.0 Å². The molecule has 2 N–H and O–H groups in total. The average Bonchev–Trinajstić information content (AvgIpc) is 3.21. The quantitative estimate of drug-likeness (QED) is 0.423. The van der Waals surface area contributed by atoms with Crippen LogP contribution in [0.2, 0.25) is 0 Å². The zero-order valence-corrected chi connectivity index (χ0v) is 20.9. The van der Waals surface area contributed by atoms with Crippen LogP contribution in [0.1, 0.15) is 32.9 Å². The van der Waals surface area contributed by atoms with E-state index in [1.54, 1.807) is 19.1 Å². The molecule has 0 spiro atoms. The molecule has 0 bridgehead atoms. The number of benzene rings is 2. The molecule has 0 amide bonds. The number of hydrogen-bond acceptors (Lipinski definition) is 5. The molecular weight excluding hydrogens is 448 g/mol. The van der Waals surface area contributed by atoms with Crippen LogP contribution in [0.5, 0.6) is 0 Å². The van der Waals surface area contributed by atoms with Gasteiger partial charge in [0.2, 0.25) is 0 Å². The third-order valence-electron chi connectivity index (χ3n) is 6.07. The van der Waals surface area contributed by atoms with Gasteiger partial charge >= 0.3 is 0 Å². The predicted octanol–water partition coefficient (Wildman–Crippen LogP) is 4.25. The summed E-state index contributed by atoms with van der Waals surface area (Å²) in [5, 5.41) is 21.4. The van der Waals surface area contributed by atoms with Crippen molar-refractivity contribution < 1.29 is 13.5 Å². The topological polar surface area (TPSA) is 98.4 Å². The summed E-state index contributed by atoms with van der Waals surface area (Å²) in [4.78, 5) is 1.91. The van der Waals surface area contributed by atoms with E-state index in [1.165, 1.54) is 11.8 Å². The van der Waals surface area contributed by atoms with Gasteiger partial charge in [-0.2, -0.15) is 5.26 Å². The first kappa shape index (κ1) is 25.5. The summed E-state index contributed by atoms with van der Waals surface area (Å²) in [5.74, 6) is 0. The molecular formula is C26H32N4O3S. The molecule has 7 nitrogen and oxygen atoms in total. The van der Waals surface area contributed by atoms with Crippen LogP contribution >= 0.6 is 0 Å². The number of sulfonamides is 1. The van der Waals surface area contributed by atoms with Gasteiger partial charge in [-0.1, -0.05) is 25.1 Å². The Labute approximate surface area is 202 Å². The van der Waals surface area contributed by atoms with Crippen molar-refractivity contribution in [1.82, 2.24) is 9.29 Å². The smallest absolute Gasteiger partial charge is 0.250 e. The standard InChI is InChI=1S/C26H32N4O3S/c1-5-24(31)18-28-34(32,33)25(17-27)16-22-12-13-26(29(22)4)21-9-8-20-15-23(30(6-2)7-3)11-10-19(20)14-21/h8-16,24,28,31H,5-7,18H2,1-4H3/b25-16+. The monoisotopic (exact) mass is 480 g/mol. The van der Waals surface area contributed by atoms with E-state index in [0.29, 0.717) is 12.1 Å². The van der Waals surface area contributed by atoms with Crippen molar-refractivity contribution >= 4 is 32.6 Å². The number of nitrogens with one attached hydrogen (secondary N) is 1. The van der Waals surface area contributed by atoms with Crippen LogP contribution in [0.3, 0.4) is 0 Å². The molecule has 1 heterocycles. The molecule has 0 saturated heterocycles. The van der Waals surface area contributed by atoms with Gasteiger partial charge in [0, 0.05) is 43.8 Å². The van der Waals surface area contributed by atoms with Crippen molar-refractivity contribution in [3.63, 3.8) is 0 Å². The van der Waals surface area contributed by atoms with Crippen molar-refractivity contribution in [2.24, 2.45) is 7.05 Å². The van der Waals surface area contributed by atoms with Crippen molar-refractivity contribution in [1.29, 1.82) is 5.26 Å². The number of allylic oxidation sites excluding steroid dienone is 1. The van der Waals surface area contributed by atoms with Crippen LogP contribution in [-0.2, 0) is 17.1 Å². The molecule has 8 heteroatoms. The first-order valence-corrected chi connectivity index (χ1v) is 13.0. The molecule has 1 atom stereocenters. The van der Waals surface area contributed by atoms with Gasteiger partial charge in [0.1, 0.15) is 6.07 Å². The van der Waals surface area contributed by atoms with Gasteiger partial charge in [-0.3, -0.25) is 0 Å². The Hall–Kier alpha value is -3.12. The van der Waals surface area contributed by atoms with Crippen LogP contribution in [0.4, 0.5) is 5.69 Å². The molecule has 180 valence electrons. The normalized spacial score (nSPS) is 13.1. The number of aliphatic hydroxyl groups is 1. The largest absolute Gasteiger partial charge is 0.392 e. The van der Waals surface area contributed by atoms with Crippen LogP contribution in [-0.4, -0.2) is 43.8 Å². The maximum atomic E-state index is 12.5. The molecule has 1 aromatic heterocycles. The van der Waals surface area contributed by atoms with E-state index in [1.807, 2.05) is 23.7 Å². The lowest BCUT2D eigenvalue weighted by atomic mass is 10.0. The first-order chi connectivity index (χ1) is 16.2. The second-order valence-corrected chi connectivity index (χ2v) is 9.89. The fourth-order valence-corrected chi connectivity index (χ4v) is 4.84. The highest BCUT2D eigenvalue weighted by Crippen LogP contribution is 2.29. The number of aromatic nitrogens is 1. The minimum absolute atomic E-state index is 0.136. The Morgan fingerprint density at radius 1 is 1.12 bits per heavy atom. The Morgan fingerprint density at radius 2 is 1.79 bits per heavy atom. The Morgan fingerprint density at radius 3 is 2.44 bits per heavy atom. The predicted molar refractivity (Wildman–Crippen MR) is 139 cm³/mol. The number of nitriles is 1. The zero-order valence-electron chi connectivity index (χ0n) is 20.1. The summed E-state index contributed by atoms with van der Waals surface area (Å²) in [6.07, 6.45) is 0.965. The van der Waals surface area contributed by atoms with E-state index < -0.39 is 21.0 Å². The van der Waals surface area contributed by atoms with Crippen molar-refractivity contribution in [3.05, 3.63) is 59.1 Å². The lowest BCUT2D eigenvalue weighted by Gasteiger charge is -2.21. The third kappa shape index (κ3) is 5.50. The highest BCUT2D eigenvalue weighted by atomic mass is 32.2. The number of aliphatic hydroxyl groups excluding tert-OH is 1. The average molecular weight is 481 g/mol. The first-order valence-electron chi connectivity index (χ1n) is 11.5. The van der Waals surface area contributed by atoms with Gasteiger partial charge in [0.15, 0.2) is 4.91 Å². The lowest BCUT2D eigenvalue weighted by molar-refractivity contribution is 0.174. The van der Waals surface area contributed by atoms with Crippen LogP contribution in [0.25, 0.3) is 28.1 Å². The van der Waals surface area contributed by atoms with Crippen LogP contribution < -0.4 is 9.62 Å². The summed E-state index contributed by atoms with van der Waals surface area (Å²) in [7, 11) is -2.18. The maximum Gasteiger partial charge on any atom is 0.250 e. The summed E-state index contributed by atoms with van der Waals surface area (Å²) in [6.45, 7) is 7.81. The Balaban J connectivity index is 1.92. The molecule has 0 aliphatic rings. The van der Waals surface area contributed by atoms with Gasteiger partial charge in [-0.25, -0.2) is 13.1 Å². The molecule has 34 heavy (non-hydrogen) atoms. The fourth-order valence-electron chi connectivity index (χ4n) is 3.87. The number of nitrogens with zero attached hydrogens (tertiary/aromatic N) is 3. The van der Waals surface area contributed by atoms with Gasteiger partial charge in [-0.15, -0.1) is 0 Å². The van der Waals surface area contributed by atoms with E-state index in [4.69, 9.17) is 0 Å². The Kier molecular flexibility index (Phi) is 8.15. The SMILES string of the molecule is CCC(O)CNS(=O)(=O)/C(C#N)=C/c1ccc(-c2ccc3cc(N(CC)CC)ccc3c2)n1C. The van der Waals surface area contributed by atoms with E-state index in [9.17, 15) is 18.8 Å². The van der Waals surface area contributed by atoms with Gasteiger partial charge in [0.05, 0.1) is 6.10 Å². The molecule has 2 aromatic carbocycles. The molecule has 0 aliphatic carbocycles. The lowest BCUT2D eigenvalue weighted by Crippen LogP contribution is -2.32. The summed E-state index contributed by atoms with van der Waals surface area (Å²) in [6, 6.07) is 18.2. The summed E-state index contributed by atoms with van der Waals surface area (Å²) < 4.78 is 29.2. The maximum absolute atomic E-state index is 12.5. The number of fused-ring (bicyclic) bond motifs is 1. The zero-order chi connectivity index (χ0) is 24.9. The van der Waals surface area contributed by atoms with Gasteiger partial charge < -0.3 is 14.6 Å². The molecule has 0 fully saturated rings. The highest BCUT2D eigenvalue weighted by molar-refractivity contribution is 7.93. The van der Waals surface area contributed by atoms with Crippen molar-refractivity contribution in [2.75, 3.05) is 24.5 Å². The summed E-state index contributed by atoms with van der Waals surface area (Å²) >= 11 is 0. The van der Waals surface area contributed by atoms with Crippen LogP contribution in [0, 0.1) is 11.3 Å². The van der Waals surface area contributed by atoms with E-state index in [0.717, 1.165) is 35.1 Å². The minimum Gasteiger partial charge on any atom is -0.392 e. The number of anilines is 1. The fraction of sp³-hybridized carbons (Fsp3) is 0.346. The summed E-state index contributed by atoms with van der Waals surface area (Å²) in [5.41, 5.74) is 3.69. The second-order valence-electron chi connectivity index (χ2n) is 8.16. The Bertz CT molecular complexity index is 1330. The van der Waals surface area contributed by atoms with E-state index in [2.05, 4.69) is 53.8 Å². The van der Waals surface area contributed by atoms with Gasteiger partial charge in [0.25, 0.3) is 10.0 Å². The number of hydrogen-bond donors (Lipinski definition) is 2. The molecule has 1 unspecified atom stereocenters. The molecule has 3 rings (SSSR count). The molecule has 0 saturated carbocycles. The van der Waals surface area contributed by atoms with Crippen LogP contribution in [0.15, 0.2) is 53.4 Å². The van der Waals surface area contributed by atoms with E-state index in [-0.39, 0.29) is 6.54 Å². The molecule has 0 aliphatic heterocycles. The highest BCUT2D eigenvalue weighted by Gasteiger charge is 2.19. The third-order valence-corrected chi connectivity index (χ3v) is 7.40. The van der Waals surface area contributed by atoms with E-state index >= 15 is 0 Å². The number of rotatable bonds is 10. The second kappa shape index (κ2) is 10.9.